The smallest absolute Gasteiger partial charge is 0.0404 e. The summed E-state index contributed by atoms with van der Waals surface area (Å²) >= 11 is 0. The van der Waals surface area contributed by atoms with Gasteiger partial charge in [0.2, 0.25) is 0 Å². The van der Waals surface area contributed by atoms with E-state index in [1.807, 2.05) is 18.3 Å². The molecule has 0 radical (unpaired) electrons. The van der Waals surface area contributed by atoms with Gasteiger partial charge < -0.3 is 11.1 Å². The summed E-state index contributed by atoms with van der Waals surface area (Å²) < 4.78 is 0. The van der Waals surface area contributed by atoms with Gasteiger partial charge in [-0.2, -0.15) is 0 Å². The second kappa shape index (κ2) is 6.72. The van der Waals surface area contributed by atoms with E-state index in [1.165, 1.54) is 23.2 Å². The summed E-state index contributed by atoms with van der Waals surface area (Å²) in [6.07, 6.45) is 7.43. The van der Waals surface area contributed by atoms with Gasteiger partial charge >= 0.3 is 0 Å². The second-order valence-electron chi connectivity index (χ2n) is 5.80. The number of hydrogen-bond donors (Lipinski definition) is 2. The van der Waals surface area contributed by atoms with Crippen molar-refractivity contribution in [3.63, 3.8) is 0 Å². The van der Waals surface area contributed by atoms with E-state index in [1.54, 1.807) is 0 Å². The van der Waals surface area contributed by atoms with Gasteiger partial charge in [0.15, 0.2) is 0 Å². The fraction of sp³-hybridized carbons (Fsp3) is 0.389. The molecule has 110 valence electrons. The summed E-state index contributed by atoms with van der Waals surface area (Å²) in [7, 11) is 0. The molecule has 0 aliphatic heterocycles. The highest BCUT2D eigenvalue weighted by atomic mass is 14.9. The Morgan fingerprint density at radius 2 is 2.14 bits per heavy atom. The second-order valence-corrected chi connectivity index (χ2v) is 5.80. The molecule has 1 aliphatic rings. The number of nitrogens with one attached hydrogen (secondary N) is 1. The average molecular weight is 281 g/mol. The van der Waals surface area contributed by atoms with E-state index in [0.717, 1.165) is 37.9 Å². The molecule has 1 aromatic heterocycles. The highest BCUT2D eigenvalue weighted by Crippen LogP contribution is 2.26. The van der Waals surface area contributed by atoms with Crippen LogP contribution in [-0.2, 0) is 19.3 Å². The quantitative estimate of drug-likeness (QED) is 0.654. The Kier molecular flexibility index (Phi) is 4.51. The fourth-order valence-electron chi connectivity index (χ4n) is 3.13. The molecule has 0 saturated carbocycles. The van der Waals surface area contributed by atoms with Gasteiger partial charge in [-0.25, -0.2) is 0 Å². The van der Waals surface area contributed by atoms with E-state index in [9.17, 15) is 0 Å². The fourth-order valence-corrected chi connectivity index (χ4v) is 3.13. The monoisotopic (exact) mass is 281 g/mol. The van der Waals surface area contributed by atoms with Gasteiger partial charge in [-0.15, -0.1) is 0 Å². The molecule has 1 heterocycles. The van der Waals surface area contributed by atoms with Crippen molar-refractivity contribution in [2.75, 3.05) is 12.3 Å². The Balaban J connectivity index is 1.45. The lowest BCUT2D eigenvalue weighted by Crippen LogP contribution is -2.35. The number of nitrogens with zero attached hydrogens (tertiary/aromatic N) is 1. The van der Waals surface area contributed by atoms with Crippen LogP contribution in [0.15, 0.2) is 42.6 Å². The number of aryl methyl sites for hydroxylation is 1. The summed E-state index contributed by atoms with van der Waals surface area (Å²) in [6, 6.07) is 13.0. The zero-order valence-corrected chi connectivity index (χ0v) is 12.4. The van der Waals surface area contributed by atoms with Crippen molar-refractivity contribution in [1.82, 2.24) is 10.3 Å². The third-order valence-electron chi connectivity index (χ3n) is 4.29. The highest BCUT2D eigenvalue weighted by molar-refractivity contribution is 5.52. The van der Waals surface area contributed by atoms with E-state index in [-0.39, 0.29) is 0 Å². The average Bonchev–Trinajstić information content (AvgIpc) is 2.53. The van der Waals surface area contributed by atoms with Gasteiger partial charge in [-0.3, -0.25) is 4.98 Å². The van der Waals surface area contributed by atoms with E-state index in [4.69, 9.17) is 5.73 Å². The molecule has 0 spiro atoms. The molecule has 1 unspecified atom stereocenters. The molecule has 3 nitrogen and oxygen atoms in total. The zero-order valence-electron chi connectivity index (χ0n) is 12.4. The standard InChI is InChI=1S/C18H23N3/c19-18-8-3-5-14-13-16(9-10-17(14)18)21-12-4-7-15-6-1-2-11-20-15/h1-3,5-6,8,11,16,21H,4,7,9-10,12-13,19H2. The predicted octanol–water partition coefficient (Wildman–Crippen LogP) is 2.74. The van der Waals surface area contributed by atoms with Crippen LogP contribution in [0.4, 0.5) is 5.69 Å². The van der Waals surface area contributed by atoms with Gasteiger partial charge in [0, 0.05) is 23.6 Å². The number of benzene rings is 1. The minimum atomic E-state index is 0.586. The summed E-state index contributed by atoms with van der Waals surface area (Å²) in [4.78, 5) is 4.36. The first kappa shape index (κ1) is 14.1. The van der Waals surface area contributed by atoms with Crippen molar-refractivity contribution in [2.24, 2.45) is 0 Å². The minimum Gasteiger partial charge on any atom is -0.398 e. The number of aromatic nitrogens is 1. The first-order chi connectivity index (χ1) is 10.3. The summed E-state index contributed by atoms with van der Waals surface area (Å²) in [6.45, 7) is 1.05. The Labute approximate surface area is 126 Å². The van der Waals surface area contributed by atoms with Crippen LogP contribution in [-0.4, -0.2) is 17.6 Å². The molecular formula is C18H23N3. The molecule has 0 bridgehead atoms. The van der Waals surface area contributed by atoms with E-state index < -0.39 is 0 Å². The van der Waals surface area contributed by atoms with Gasteiger partial charge in [-0.05, 0) is 68.0 Å². The van der Waals surface area contributed by atoms with Crippen molar-refractivity contribution >= 4 is 5.69 Å². The van der Waals surface area contributed by atoms with E-state index in [0.29, 0.717) is 6.04 Å². The van der Waals surface area contributed by atoms with Gasteiger partial charge in [0.25, 0.3) is 0 Å². The maximum absolute atomic E-state index is 6.05. The molecule has 1 aliphatic carbocycles. The summed E-state index contributed by atoms with van der Waals surface area (Å²) in [5, 5.41) is 3.68. The first-order valence-corrected chi connectivity index (χ1v) is 7.82. The minimum absolute atomic E-state index is 0.586. The molecule has 0 fully saturated rings. The molecule has 21 heavy (non-hydrogen) atoms. The lowest BCUT2D eigenvalue weighted by molar-refractivity contribution is 0.454. The number of anilines is 1. The third-order valence-corrected chi connectivity index (χ3v) is 4.29. The normalized spacial score (nSPS) is 17.4. The molecule has 1 aromatic carbocycles. The number of hydrogen-bond acceptors (Lipinski definition) is 3. The number of nitrogen functional groups attached to an aromatic ring is 1. The topological polar surface area (TPSA) is 50.9 Å². The van der Waals surface area contributed by atoms with Crippen LogP contribution < -0.4 is 11.1 Å². The molecule has 3 N–H and O–H groups in total. The Morgan fingerprint density at radius 1 is 1.19 bits per heavy atom. The van der Waals surface area contributed by atoms with Crippen molar-refractivity contribution in [1.29, 1.82) is 0 Å². The molecular weight excluding hydrogens is 258 g/mol. The lowest BCUT2D eigenvalue weighted by atomic mass is 9.87. The van der Waals surface area contributed by atoms with Crippen LogP contribution in [0.2, 0.25) is 0 Å². The summed E-state index contributed by atoms with van der Waals surface area (Å²) in [5.74, 6) is 0. The van der Waals surface area contributed by atoms with Gasteiger partial charge in [0.05, 0.1) is 0 Å². The van der Waals surface area contributed by atoms with Crippen LogP contribution in [0.1, 0.15) is 29.7 Å². The van der Waals surface area contributed by atoms with Crippen molar-refractivity contribution in [3.05, 3.63) is 59.4 Å². The third kappa shape index (κ3) is 3.61. The van der Waals surface area contributed by atoms with Crippen molar-refractivity contribution in [3.8, 4) is 0 Å². The maximum Gasteiger partial charge on any atom is 0.0404 e. The zero-order chi connectivity index (χ0) is 14.5. The number of fused-ring (bicyclic) bond motifs is 1. The molecule has 2 aromatic rings. The van der Waals surface area contributed by atoms with Crippen LogP contribution in [0, 0.1) is 0 Å². The lowest BCUT2D eigenvalue weighted by Gasteiger charge is -2.26. The SMILES string of the molecule is Nc1cccc2c1CCC(NCCCc1ccccn1)C2. The Hall–Kier alpha value is -1.87. The molecule has 0 amide bonds. The summed E-state index contributed by atoms with van der Waals surface area (Å²) in [5.41, 5.74) is 11.0. The van der Waals surface area contributed by atoms with Crippen LogP contribution in [0.3, 0.4) is 0 Å². The highest BCUT2D eigenvalue weighted by Gasteiger charge is 2.19. The Morgan fingerprint density at radius 3 is 3.00 bits per heavy atom. The van der Waals surface area contributed by atoms with E-state index in [2.05, 4.69) is 34.6 Å². The van der Waals surface area contributed by atoms with Crippen LogP contribution in [0.5, 0.6) is 0 Å². The first-order valence-electron chi connectivity index (χ1n) is 7.82. The van der Waals surface area contributed by atoms with E-state index >= 15 is 0 Å². The number of nitrogens with two attached hydrogens (primary N) is 1. The van der Waals surface area contributed by atoms with Gasteiger partial charge in [0.1, 0.15) is 0 Å². The molecule has 0 saturated heterocycles. The van der Waals surface area contributed by atoms with Crippen molar-refractivity contribution < 1.29 is 0 Å². The molecule has 3 rings (SSSR count). The Bertz CT molecular complexity index is 580. The van der Waals surface area contributed by atoms with Crippen LogP contribution in [0.25, 0.3) is 0 Å². The molecule has 1 atom stereocenters. The van der Waals surface area contributed by atoms with Crippen molar-refractivity contribution in [2.45, 2.75) is 38.1 Å². The van der Waals surface area contributed by atoms with Crippen LogP contribution >= 0.6 is 0 Å². The van der Waals surface area contributed by atoms with Gasteiger partial charge in [-0.1, -0.05) is 18.2 Å². The number of pyridine rings is 1. The molecule has 3 heteroatoms. The number of rotatable bonds is 5. The maximum atomic E-state index is 6.05. The predicted molar refractivity (Wildman–Crippen MR) is 87.2 cm³/mol. The largest absolute Gasteiger partial charge is 0.398 e.